The number of fused-ring (bicyclic) bond motifs is 1. The third-order valence-electron chi connectivity index (χ3n) is 4.93. The average molecular weight is 412 g/mol. The van der Waals surface area contributed by atoms with Crippen LogP contribution in [0.25, 0.3) is 10.9 Å². The van der Waals surface area contributed by atoms with E-state index < -0.39 is 9.84 Å². The van der Waals surface area contributed by atoms with E-state index in [1.807, 2.05) is 24.3 Å². The lowest BCUT2D eigenvalue weighted by Gasteiger charge is -2.26. The fourth-order valence-electron chi connectivity index (χ4n) is 3.27. The van der Waals surface area contributed by atoms with Gasteiger partial charge in [-0.15, -0.1) is 0 Å². The fourth-order valence-corrected chi connectivity index (χ4v) is 4.55. The number of anilines is 1. The first-order valence-electron chi connectivity index (χ1n) is 9.34. The van der Waals surface area contributed by atoms with Crippen LogP contribution in [0.15, 0.2) is 59.8 Å². The van der Waals surface area contributed by atoms with Gasteiger partial charge in [0, 0.05) is 37.3 Å². The lowest BCUT2D eigenvalue weighted by atomic mass is 10.1. The Morgan fingerprint density at radius 1 is 1.10 bits per heavy atom. The molecule has 1 aliphatic heterocycles. The molecule has 0 atom stereocenters. The van der Waals surface area contributed by atoms with Gasteiger partial charge in [-0.2, -0.15) is 5.10 Å². The molecule has 29 heavy (non-hydrogen) atoms. The summed E-state index contributed by atoms with van der Waals surface area (Å²) in [5, 5.41) is 5.07. The lowest BCUT2D eigenvalue weighted by molar-refractivity contribution is 0.287. The maximum Gasteiger partial charge on any atom is 0.152 e. The number of halogens is 1. The van der Waals surface area contributed by atoms with Gasteiger partial charge in [-0.05, 0) is 29.3 Å². The zero-order chi connectivity index (χ0) is 20.3. The Morgan fingerprint density at radius 2 is 1.86 bits per heavy atom. The summed E-state index contributed by atoms with van der Waals surface area (Å²) in [6.45, 7) is 1.91. The van der Waals surface area contributed by atoms with Crippen molar-refractivity contribution in [3.63, 3.8) is 0 Å². The quantitative estimate of drug-likeness (QED) is 0.515. The standard InChI is InChI=1S/C21H21FN4O2S/c22-18-5-6-19-20(7-8-23-21(19)13-18)25-24-14-16-1-3-17(4-2-16)15-26-9-11-29(27,28)12-10-26/h1-8,13-14H,9-12,15H2,(H,23,25). The number of rotatable bonds is 5. The van der Waals surface area contributed by atoms with Crippen LogP contribution >= 0.6 is 0 Å². The number of aromatic nitrogens is 1. The molecule has 0 aliphatic carbocycles. The Labute approximate surface area is 169 Å². The van der Waals surface area contributed by atoms with E-state index in [0.717, 1.165) is 28.7 Å². The van der Waals surface area contributed by atoms with Crippen molar-refractivity contribution in [3.05, 3.63) is 71.7 Å². The van der Waals surface area contributed by atoms with Crippen LogP contribution in [-0.4, -0.2) is 49.1 Å². The molecule has 1 saturated heterocycles. The number of benzene rings is 2. The molecule has 4 rings (SSSR count). The first kappa shape index (κ1) is 19.5. The fraction of sp³-hybridized carbons (Fsp3) is 0.238. The minimum Gasteiger partial charge on any atom is -0.297 e. The molecule has 150 valence electrons. The Bertz CT molecular complexity index is 1130. The molecule has 1 aromatic heterocycles. The van der Waals surface area contributed by atoms with Crippen LogP contribution in [0.1, 0.15) is 11.1 Å². The molecule has 0 bridgehead atoms. The van der Waals surface area contributed by atoms with E-state index in [0.29, 0.717) is 18.6 Å². The number of hydrogen-bond acceptors (Lipinski definition) is 6. The third-order valence-corrected chi connectivity index (χ3v) is 6.54. The van der Waals surface area contributed by atoms with E-state index >= 15 is 0 Å². The molecule has 8 heteroatoms. The number of hydrazone groups is 1. The third kappa shape index (κ3) is 4.96. The molecule has 1 N–H and O–H groups in total. The predicted octanol–water partition coefficient (Wildman–Crippen LogP) is 3.05. The monoisotopic (exact) mass is 412 g/mol. The van der Waals surface area contributed by atoms with E-state index in [9.17, 15) is 12.8 Å². The lowest BCUT2D eigenvalue weighted by Crippen LogP contribution is -2.39. The van der Waals surface area contributed by atoms with Crippen molar-refractivity contribution >= 4 is 32.6 Å². The second-order valence-electron chi connectivity index (χ2n) is 7.06. The van der Waals surface area contributed by atoms with E-state index in [2.05, 4.69) is 20.4 Å². The number of pyridine rings is 1. The highest BCUT2D eigenvalue weighted by Gasteiger charge is 2.21. The molecular weight excluding hydrogens is 391 g/mol. The molecule has 0 unspecified atom stereocenters. The molecule has 0 saturated carbocycles. The highest BCUT2D eigenvalue weighted by molar-refractivity contribution is 7.91. The van der Waals surface area contributed by atoms with E-state index in [1.165, 1.54) is 12.1 Å². The van der Waals surface area contributed by atoms with Gasteiger partial charge in [0.05, 0.1) is 28.9 Å². The highest BCUT2D eigenvalue weighted by atomic mass is 32.2. The molecule has 0 radical (unpaired) electrons. The minimum atomic E-state index is -2.85. The molecule has 1 fully saturated rings. The number of hydrogen-bond donors (Lipinski definition) is 1. The van der Waals surface area contributed by atoms with Gasteiger partial charge in [0.2, 0.25) is 0 Å². The topological polar surface area (TPSA) is 74.7 Å². The van der Waals surface area contributed by atoms with Crippen molar-refractivity contribution in [2.24, 2.45) is 5.10 Å². The first-order valence-corrected chi connectivity index (χ1v) is 11.2. The molecule has 0 spiro atoms. The van der Waals surface area contributed by atoms with Crippen molar-refractivity contribution in [2.45, 2.75) is 6.54 Å². The molecule has 1 aliphatic rings. The zero-order valence-electron chi connectivity index (χ0n) is 15.8. The van der Waals surface area contributed by atoms with Crippen LogP contribution in [0.4, 0.5) is 10.1 Å². The van der Waals surface area contributed by atoms with Gasteiger partial charge in [0.25, 0.3) is 0 Å². The predicted molar refractivity (Wildman–Crippen MR) is 113 cm³/mol. The van der Waals surface area contributed by atoms with Crippen molar-refractivity contribution in [1.82, 2.24) is 9.88 Å². The van der Waals surface area contributed by atoms with Gasteiger partial charge >= 0.3 is 0 Å². The summed E-state index contributed by atoms with van der Waals surface area (Å²) in [7, 11) is -2.85. The number of nitrogens with zero attached hydrogens (tertiary/aromatic N) is 3. The van der Waals surface area contributed by atoms with Gasteiger partial charge in [-0.25, -0.2) is 12.8 Å². The van der Waals surface area contributed by atoms with Crippen molar-refractivity contribution in [1.29, 1.82) is 0 Å². The zero-order valence-corrected chi connectivity index (χ0v) is 16.6. The first-order chi connectivity index (χ1) is 14.0. The van der Waals surface area contributed by atoms with Gasteiger partial charge in [-0.3, -0.25) is 15.3 Å². The van der Waals surface area contributed by atoms with Crippen LogP contribution in [0.5, 0.6) is 0 Å². The summed E-state index contributed by atoms with van der Waals surface area (Å²) < 4.78 is 36.4. The Kier molecular flexibility index (Phi) is 5.55. The second-order valence-corrected chi connectivity index (χ2v) is 9.36. The van der Waals surface area contributed by atoms with Crippen LogP contribution in [0.2, 0.25) is 0 Å². The van der Waals surface area contributed by atoms with Crippen molar-refractivity contribution < 1.29 is 12.8 Å². The summed E-state index contributed by atoms with van der Waals surface area (Å²) in [5.74, 6) is 0.149. The van der Waals surface area contributed by atoms with Gasteiger partial charge < -0.3 is 0 Å². The molecule has 3 aromatic rings. The smallest absolute Gasteiger partial charge is 0.152 e. The minimum absolute atomic E-state index is 0.236. The second kappa shape index (κ2) is 8.26. The Morgan fingerprint density at radius 3 is 2.62 bits per heavy atom. The summed E-state index contributed by atoms with van der Waals surface area (Å²) in [4.78, 5) is 6.32. The van der Waals surface area contributed by atoms with Crippen LogP contribution in [-0.2, 0) is 16.4 Å². The highest BCUT2D eigenvalue weighted by Crippen LogP contribution is 2.22. The SMILES string of the molecule is O=S1(=O)CCN(Cc2ccc(C=NNc3ccnc4cc(F)ccc34)cc2)CC1. The molecule has 2 aromatic carbocycles. The van der Waals surface area contributed by atoms with Gasteiger partial charge in [0.15, 0.2) is 9.84 Å². The van der Waals surface area contributed by atoms with E-state index in [4.69, 9.17) is 0 Å². The molecule has 0 amide bonds. The molecule has 2 heterocycles. The number of sulfone groups is 1. The van der Waals surface area contributed by atoms with Crippen LogP contribution in [0, 0.1) is 5.82 Å². The maximum atomic E-state index is 13.3. The van der Waals surface area contributed by atoms with Gasteiger partial charge in [-0.1, -0.05) is 24.3 Å². The summed E-state index contributed by atoms with van der Waals surface area (Å²) >= 11 is 0. The van der Waals surface area contributed by atoms with Crippen LogP contribution < -0.4 is 5.43 Å². The molecular formula is C21H21FN4O2S. The van der Waals surface area contributed by atoms with Crippen molar-refractivity contribution in [3.8, 4) is 0 Å². The van der Waals surface area contributed by atoms with Gasteiger partial charge in [0.1, 0.15) is 5.82 Å². The number of nitrogens with one attached hydrogen (secondary N) is 1. The van der Waals surface area contributed by atoms with E-state index in [1.54, 1.807) is 24.5 Å². The summed E-state index contributed by atoms with van der Waals surface area (Å²) in [5.41, 5.74) is 6.38. The van der Waals surface area contributed by atoms with Crippen LogP contribution in [0.3, 0.4) is 0 Å². The summed E-state index contributed by atoms with van der Waals surface area (Å²) in [6, 6.07) is 14.2. The normalized spacial score (nSPS) is 17.0. The Balaban J connectivity index is 1.37. The molecule has 6 nitrogen and oxygen atoms in total. The Hall–Kier alpha value is -2.84. The largest absolute Gasteiger partial charge is 0.297 e. The summed E-state index contributed by atoms with van der Waals surface area (Å²) in [6.07, 6.45) is 3.33. The maximum absolute atomic E-state index is 13.3. The van der Waals surface area contributed by atoms with E-state index in [-0.39, 0.29) is 17.3 Å². The van der Waals surface area contributed by atoms with Crippen molar-refractivity contribution in [2.75, 3.05) is 30.0 Å². The average Bonchev–Trinajstić information content (AvgIpc) is 2.71.